The third-order valence-electron chi connectivity index (χ3n) is 2.74. The normalized spacial score (nSPS) is 12.6. The van der Waals surface area contributed by atoms with Gasteiger partial charge in [0.15, 0.2) is 21.8 Å². The largest absolute Gasteiger partial charge is 0.394 e. The Morgan fingerprint density at radius 2 is 2.32 bits per heavy atom. The third-order valence-corrected chi connectivity index (χ3v) is 4.49. The monoisotopic (exact) mass is 338 g/mol. The molecule has 0 fully saturated rings. The molecule has 3 aromatic rings. The molecular formula is C12H14N6O2S2. The summed E-state index contributed by atoms with van der Waals surface area (Å²) in [5.41, 5.74) is 6.30. The molecule has 0 bridgehead atoms. The number of nitrogens with two attached hydrogens (primary N) is 1. The maximum atomic E-state index is 9.20. The van der Waals surface area contributed by atoms with Gasteiger partial charge in [0, 0.05) is 12.1 Å². The molecule has 0 radical (unpaired) electrons. The van der Waals surface area contributed by atoms with Crippen molar-refractivity contribution < 1.29 is 9.63 Å². The smallest absolute Gasteiger partial charge is 0.192 e. The van der Waals surface area contributed by atoms with Crippen molar-refractivity contribution in [3.05, 3.63) is 18.0 Å². The van der Waals surface area contributed by atoms with Crippen LogP contribution in [0.25, 0.3) is 10.3 Å². The molecule has 0 spiro atoms. The number of anilines is 2. The number of thiazole rings is 1. The second-order valence-electron chi connectivity index (χ2n) is 4.56. The zero-order chi connectivity index (χ0) is 15.5. The van der Waals surface area contributed by atoms with E-state index in [1.54, 1.807) is 12.3 Å². The van der Waals surface area contributed by atoms with E-state index in [-0.39, 0.29) is 12.6 Å². The molecule has 10 heteroatoms. The summed E-state index contributed by atoms with van der Waals surface area (Å²) in [4.78, 5) is 13.1. The molecule has 3 aromatic heterocycles. The summed E-state index contributed by atoms with van der Waals surface area (Å²) in [7, 11) is 0. The lowest BCUT2D eigenvalue weighted by atomic mass is 10.3. The number of aromatic nitrogens is 4. The van der Waals surface area contributed by atoms with Crippen molar-refractivity contribution in [3.63, 3.8) is 0 Å². The van der Waals surface area contributed by atoms with Crippen LogP contribution < -0.4 is 11.1 Å². The molecule has 0 aliphatic heterocycles. The predicted molar refractivity (Wildman–Crippen MR) is 85.9 cm³/mol. The summed E-state index contributed by atoms with van der Waals surface area (Å²) < 4.78 is 5.83. The molecule has 0 aliphatic rings. The topological polar surface area (TPSA) is 123 Å². The highest BCUT2D eigenvalue weighted by Crippen LogP contribution is 2.31. The van der Waals surface area contributed by atoms with Crippen LogP contribution in [0.3, 0.4) is 0 Å². The molecule has 3 rings (SSSR count). The van der Waals surface area contributed by atoms with Gasteiger partial charge in [-0.15, -0.1) is 0 Å². The van der Waals surface area contributed by atoms with E-state index in [4.69, 9.17) is 10.3 Å². The molecule has 1 unspecified atom stereocenters. The fourth-order valence-corrected chi connectivity index (χ4v) is 3.17. The number of hydrogen-bond donors (Lipinski definition) is 3. The number of aliphatic hydroxyl groups excluding tert-OH is 1. The standard InChI is InChI=1S/C12H14N6O2S2/c1-6(4-19)15-9-8-10(16-11(13)22-8)18-12(17-9)21-5-7-2-3-14-20-7/h2-3,6,19H,4-5H2,1H3,(H3,13,15,16,17,18). The summed E-state index contributed by atoms with van der Waals surface area (Å²) in [6.07, 6.45) is 1.59. The summed E-state index contributed by atoms with van der Waals surface area (Å²) in [5, 5.41) is 17.0. The van der Waals surface area contributed by atoms with Crippen molar-refractivity contribution in [1.82, 2.24) is 20.1 Å². The quantitative estimate of drug-likeness (QED) is 0.455. The molecule has 3 heterocycles. The molecular weight excluding hydrogens is 324 g/mol. The average molecular weight is 338 g/mol. The molecule has 0 saturated heterocycles. The fraction of sp³-hybridized carbons (Fsp3) is 0.333. The third kappa shape index (κ3) is 3.29. The van der Waals surface area contributed by atoms with E-state index in [0.29, 0.717) is 27.5 Å². The number of nitrogens with zero attached hydrogens (tertiary/aromatic N) is 4. The highest BCUT2D eigenvalue weighted by Gasteiger charge is 2.15. The van der Waals surface area contributed by atoms with Crippen molar-refractivity contribution in [1.29, 1.82) is 0 Å². The van der Waals surface area contributed by atoms with E-state index in [9.17, 15) is 5.11 Å². The van der Waals surface area contributed by atoms with Gasteiger partial charge < -0.3 is 20.7 Å². The van der Waals surface area contributed by atoms with E-state index in [2.05, 4.69) is 25.4 Å². The van der Waals surface area contributed by atoms with Gasteiger partial charge in [-0.3, -0.25) is 0 Å². The van der Waals surface area contributed by atoms with Crippen LogP contribution in [0.1, 0.15) is 12.7 Å². The maximum Gasteiger partial charge on any atom is 0.192 e. The Morgan fingerprint density at radius 3 is 3.05 bits per heavy atom. The summed E-state index contributed by atoms with van der Waals surface area (Å²) in [5.74, 6) is 1.94. The Labute approximate surface area is 134 Å². The lowest BCUT2D eigenvalue weighted by Crippen LogP contribution is -2.20. The molecule has 1 atom stereocenters. The van der Waals surface area contributed by atoms with Crippen LogP contribution in [0.2, 0.25) is 0 Å². The molecule has 8 nitrogen and oxygen atoms in total. The number of fused-ring (bicyclic) bond motifs is 1. The van der Waals surface area contributed by atoms with Crippen molar-refractivity contribution in [2.45, 2.75) is 23.9 Å². The van der Waals surface area contributed by atoms with Gasteiger partial charge in [-0.05, 0) is 6.92 Å². The highest BCUT2D eigenvalue weighted by molar-refractivity contribution is 7.98. The molecule has 0 aliphatic carbocycles. The highest BCUT2D eigenvalue weighted by atomic mass is 32.2. The first-order valence-corrected chi connectivity index (χ1v) is 8.29. The number of thioether (sulfide) groups is 1. The van der Waals surface area contributed by atoms with Gasteiger partial charge in [0.25, 0.3) is 0 Å². The molecule has 4 N–H and O–H groups in total. The Kier molecular flexibility index (Phi) is 4.41. The van der Waals surface area contributed by atoms with Gasteiger partial charge in [-0.25, -0.2) is 15.0 Å². The first-order valence-electron chi connectivity index (χ1n) is 6.49. The van der Waals surface area contributed by atoms with Crippen LogP contribution in [0.4, 0.5) is 10.9 Å². The minimum atomic E-state index is -0.131. The maximum absolute atomic E-state index is 9.20. The van der Waals surface area contributed by atoms with Gasteiger partial charge in [-0.2, -0.15) is 0 Å². The van der Waals surface area contributed by atoms with Crippen molar-refractivity contribution >= 4 is 44.4 Å². The number of nitrogens with one attached hydrogen (secondary N) is 1. The van der Waals surface area contributed by atoms with Crippen LogP contribution in [-0.2, 0) is 5.75 Å². The minimum absolute atomic E-state index is 0.000321. The Balaban J connectivity index is 1.89. The van der Waals surface area contributed by atoms with Crippen molar-refractivity contribution in [2.24, 2.45) is 0 Å². The second-order valence-corrected chi connectivity index (χ2v) is 6.53. The summed E-state index contributed by atoms with van der Waals surface area (Å²) in [6.45, 7) is 1.86. The van der Waals surface area contributed by atoms with Gasteiger partial charge in [0.05, 0.1) is 18.6 Å². The SMILES string of the molecule is CC(CO)Nc1nc(SCc2ccno2)nc2nc(N)sc12. The Morgan fingerprint density at radius 1 is 1.45 bits per heavy atom. The molecule has 0 saturated carbocycles. The zero-order valence-electron chi connectivity index (χ0n) is 11.7. The van der Waals surface area contributed by atoms with Gasteiger partial charge in [-0.1, -0.05) is 28.3 Å². The minimum Gasteiger partial charge on any atom is -0.394 e. The van der Waals surface area contributed by atoms with Crippen LogP contribution in [0.5, 0.6) is 0 Å². The zero-order valence-corrected chi connectivity index (χ0v) is 13.3. The first kappa shape index (κ1) is 15.0. The van der Waals surface area contributed by atoms with Crippen LogP contribution >= 0.6 is 23.1 Å². The summed E-state index contributed by atoms with van der Waals surface area (Å²) >= 11 is 2.73. The van der Waals surface area contributed by atoms with Crippen LogP contribution in [0, 0.1) is 0 Å². The number of aliphatic hydroxyl groups is 1. The van der Waals surface area contributed by atoms with Gasteiger partial charge >= 0.3 is 0 Å². The first-order chi connectivity index (χ1) is 10.7. The van der Waals surface area contributed by atoms with E-state index in [1.165, 1.54) is 23.1 Å². The van der Waals surface area contributed by atoms with Crippen molar-refractivity contribution in [3.8, 4) is 0 Å². The fourth-order valence-electron chi connectivity index (χ4n) is 1.71. The predicted octanol–water partition coefficient (Wildman–Crippen LogP) is 1.74. The lowest BCUT2D eigenvalue weighted by molar-refractivity contribution is 0.281. The summed E-state index contributed by atoms with van der Waals surface area (Å²) in [6, 6.07) is 1.66. The van der Waals surface area contributed by atoms with Gasteiger partial charge in [0.1, 0.15) is 10.5 Å². The second kappa shape index (κ2) is 6.46. The van der Waals surface area contributed by atoms with Gasteiger partial charge in [0.2, 0.25) is 0 Å². The van der Waals surface area contributed by atoms with E-state index < -0.39 is 0 Å². The van der Waals surface area contributed by atoms with E-state index in [1.807, 2.05) is 6.92 Å². The molecule has 116 valence electrons. The molecule has 22 heavy (non-hydrogen) atoms. The van der Waals surface area contributed by atoms with Crippen LogP contribution in [0.15, 0.2) is 21.9 Å². The van der Waals surface area contributed by atoms with E-state index in [0.717, 1.165) is 10.5 Å². The Bertz CT molecular complexity index is 760. The Hall–Kier alpha value is -1.91. The van der Waals surface area contributed by atoms with E-state index >= 15 is 0 Å². The van der Waals surface area contributed by atoms with Crippen molar-refractivity contribution in [2.75, 3.05) is 17.7 Å². The van der Waals surface area contributed by atoms with Crippen LogP contribution in [-0.4, -0.2) is 37.9 Å². The number of nitrogen functional groups attached to an aromatic ring is 1. The molecule has 0 aromatic carbocycles. The average Bonchev–Trinajstić information content (AvgIpc) is 3.13. The lowest BCUT2D eigenvalue weighted by Gasteiger charge is -2.12. The number of rotatable bonds is 6. The number of hydrogen-bond acceptors (Lipinski definition) is 10. The molecule has 0 amide bonds.